The van der Waals surface area contributed by atoms with Gasteiger partial charge in [-0.05, 0) is 56.3 Å². The molecular formula is C15H24O. The van der Waals surface area contributed by atoms with Gasteiger partial charge in [-0.1, -0.05) is 26.0 Å². The van der Waals surface area contributed by atoms with E-state index in [0.717, 1.165) is 11.8 Å². The van der Waals surface area contributed by atoms with Crippen LogP contribution < -0.4 is 0 Å². The Morgan fingerprint density at radius 1 is 1.25 bits per heavy atom. The number of fused-ring (bicyclic) bond motifs is 2. The van der Waals surface area contributed by atoms with Crippen molar-refractivity contribution in [2.45, 2.75) is 64.6 Å². The minimum absolute atomic E-state index is 0.223. The highest BCUT2D eigenvalue weighted by atomic mass is 16.6. The van der Waals surface area contributed by atoms with E-state index in [1.165, 1.54) is 37.7 Å². The average Bonchev–Trinajstić information content (AvgIpc) is 2.82. The Kier molecular flexibility index (Phi) is 2.12. The molecule has 90 valence electrons. The van der Waals surface area contributed by atoms with E-state index >= 15 is 0 Å². The number of hydrogen-bond acceptors (Lipinski definition) is 1. The fourth-order valence-corrected chi connectivity index (χ4v) is 4.08. The van der Waals surface area contributed by atoms with E-state index < -0.39 is 0 Å². The van der Waals surface area contributed by atoms with Crippen molar-refractivity contribution < 1.29 is 4.74 Å². The molecule has 0 amide bonds. The lowest BCUT2D eigenvalue weighted by molar-refractivity contribution is -0.00211. The molecule has 16 heavy (non-hydrogen) atoms. The second-order valence-electron chi connectivity index (χ2n) is 7.06. The van der Waals surface area contributed by atoms with Gasteiger partial charge in [0, 0.05) is 0 Å². The van der Waals surface area contributed by atoms with Gasteiger partial charge in [-0.2, -0.15) is 0 Å². The van der Waals surface area contributed by atoms with Crippen molar-refractivity contribution in [2.75, 3.05) is 0 Å². The Bertz CT molecular complexity index is 330. The minimum atomic E-state index is 0.223. The summed E-state index contributed by atoms with van der Waals surface area (Å²) in [5.74, 6) is 1.68. The molecule has 1 heteroatoms. The third kappa shape index (κ3) is 1.48. The first-order chi connectivity index (χ1) is 7.42. The van der Waals surface area contributed by atoms with Gasteiger partial charge in [0.2, 0.25) is 0 Å². The maximum atomic E-state index is 5.86. The molecule has 4 atom stereocenters. The lowest BCUT2D eigenvalue weighted by atomic mass is 9.52. The SMILES string of the molecule is C=C1CC[C@@H]2O[C@]2(C)CC[C@@H]2[C@@H]1CC2(C)C. The van der Waals surface area contributed by atoms with Crippen LogP contribution in [-0.2, 0) is 4.74 Å². The first-order valence-electron chi connectivity index (χ1n) is 6.78. The molecule has 3 fully saturated rings. The van der Waals surface area contributed by atoms with Gasteiger partial charge in [-0.15, -0.1) is 0 Å². The third-order valence-electron chi connectivity index (χ3n) is 5.47. The van der Waals surface area contributed by atoms with E-state index in [4.69, 9.17) is 4.74 Å². The molecule has 1 nitrogen and oxygen atoms in total. The number of ether oxygens (including phenoxy) is 1. The highest BCUT2D eigenvalue weighted by molar-refractivity contribution is 5.16. The van der Waals surface area contributed by atoms with Gasteiger partial charge >= 0.3 is 0 Å². The summed E-state index contributed by atoms with van der Waals surface area (Å²) in [6, 6.07) is 0. The van der Waals surface area contributed by atoms with Crippen LogP contribution in [0.2, 0.25) is 0 Å². The third-order valence-corrected chi connectivity index (χ3v) is 5.47. The van der Waals surface area contributed by atoms with Crippen molar-refractivity contribution in [3.05, 3.63) is 12.2 Å². The lowest BCUT2D eigenvalue weighted by Gasteiger charge is -2.53. The predicted molar refractivity (Wildman–Crippen MR) is 66.3 cm³/mol. The molecule has 0 aromatic rings. The van der Waals surface area contributed by atoms with Crippen LogP contribution in [0.4, 0.5) is 0 Å². The summed E-state index contributed by atoms with van der Waals surface area (Å²) in [5.41, 5.74) is 2.27. The van der Waals surface area contributed by atoms with Crippen LogP contribution in [0.5, 0.6) is 0 Å². The molecule has 1 heterocycles. The molecule has 2 aliphatic carbocycles. The molecule has 0 unspecified atom stereocenters. The van der Waals surface area contributed by atoms with E-state index in [-0.39, 0.29) is 5.60 Å². The summed E-state index contributed by atoms with van der Waals surface area (Å²) >= 11 is 0. The smallest absolute Gasteiger partial charge is 0.0920 e. The Hall–Kier alpha value is -0.300. The highest BCUT2D eigenvalue weighted by Gasteiger charge is 2.55. The zero-order valence-electron chi connectivity index (χ0n) is 10.9. The molecule has 1 aliphatic heterocycles. The summed E-state index contributed by atoms with van der Waals surface area (Å²) in [6.45, 7) is 11.5. The van der Waals surface area contributed by atoms with E-state index in [1.807, 2.05) is 0 Å². The Balaban J connectivity index is 1.78. The molecule has 3 aliphatic rings. The van der Waals surface area contributed by atoms with Crippen LogP contribution in [0, 0.1) is 17.3 Å². The quantitative estimate of drug-likeness (QED) is 0.445. The maximum Gasteiger partial charge on any atom is 0.0920 e. The summed E-state index contributed by atoms with van der Waals surface area (Å²) in [4.78, 5) is 0. The minimum Gasteiger partial charge on any atom is -0.366 e. The van der Waals surface area contributed by atoms with Crippen LogP contribution >= 0.6 is 0 Å². The molecular weight excluding hydrogens is 196 g/mol. The molecule has 0 aromatic heterocycles. The molecule has 2 saturated carbocycles. The zero-order valence-corrected chi connectivity index (χ0v) is 10.9. The summed E-state index contributed by atoms with van der Waals surface area (Å²) in [6.07, 6.45) is 6.89. The second kappa shape index (κ2) is 3.13. The standard InChI is InChI=1S/C15H24O/c1-10-5-6-13-15(4,16-13)8-7-12-11(10)9-14(12,2)3/h11-13H,1,5-9H2,2-4H3/t11-,12-,13+,15-/m1/s1. The highest BCUT2D eigenvalue weighted by Crippen LogP contribution is 2.59. The molecule has 0 spiro atoms. The topological polar surface area (TPSA) is 12.5 Å². The van der Waals surface area contributed by atoms with Gasteiger partial charge in [0.15, 0.2) is 0 Å². The molecule has 0 N–H and O–H groups in total. The molecule has 0 bridgehead atoms. The largest absolute Gasteiger partial charge is 0.366 e. The Labute approximate surface area is 99.3 Å². The van der Waals surface area contributed by atoms with Crippen LogP contribution in [0.1, 0.15) is 52.9 Å². The van der Waals surface area contributed by atoms with Crippen LogP contribution in [0.25, 0.3) is 0 Å². The first kappa shape index (κ1) is 10.8. The molecule has 1 saturated heterocycles. The van der Waals surface area contributed by atoms with Gasteiger partial charge in [0.25, 0.3) is 0 Å². The van der Waals surface area contributed by atoms with Gasteiger partial charge in [0.1, 0.15) is 0 Å². The van der Waals surface area contributed by atoms with Crippen molar-refractivity contribution in [1.29, 1.82) is 0 Å². The molecule has 3 rings (SSSR count). The van der Waals surface area contributed by atoms with Crippen LogP contribution in [-0.4, -0.2) is 11.7 Å². The van der Waals surface area contributed by atoms with E-state index in [9.17, 15) is 0 Å². The predicted octanol–water partition coefficient (Wildman–Crippen LogP) is 3.94. The van der Waals surface area contributed by atoms with Gasteiger partial charge < -0.3 is 4.74 Å². The first-order valence-corrected chi connectivity index (χ1v) is 6.78. The Morgan fingerprint density at radius 2 is 2.00 bits per heavy atom. The summed E-state index contributed by atoms with van der Waals surface area (Å²) < 4.78 is 5.86. The van der Waals surface area contributed by atoms with Crippen LogP contribution in [0.15, 0.2) is 12.2 Å². The zero-order chi connectivity index (χ0) is 11.6. The summed E-state index contributed by atoms with van der Waals surface area (Å²) in [5, 5.41) is 0. The number of epoxide rings is 1. The van der Waals surface area contributed by atoms with Gasteiger partial charge in [0.05, 0.1) is 11.7 Å². The van der Waals surface area contributed by atoms with Crippen molar-refractivity contribution >= 4 is 0 Å². The van der Waals surface area contributed by atoms with Crippen molar-refractivity contribution in [1.82, 2.24) is 0 Å². The van der Waals surface area contributed by atoms with Crippen molar-refractivity contribution in [3.63, 3.8) is 0 Å². The fraction of sp³-hybridized carbons (Fsp3) is 0.867. The van der Waals surface area contributed by atoms with Crippen molar-refractivity contribution in [3.8, 4) is 0 Å². The van der Waals surface area contributed by atoms with E-state index in [2.05, 4.69) is 27.4 Å². The molecule has 0 aromatic carbocycles. The van der Waals surface area contributed by atoms with Gasteiger partial charge in [-0.3, -0.25) is 0 Å². The number of rotatable bonds is 0. The average molecular weight is 220 g/mol. The van der Waals surface area contributed by atoms with Crippen molar-refractivity contribution in [2.24, 2.45) is 17.3 Å². The second-order valence-corrected chi connectivity index (χ2v) is 7.06. The van der Waals surface area contributed by atoms with E-state index in [1.54, 1.807) is 0 Å². The van der Waals surface area contributed by atoms with Gasteiger partial charge in [-0.25, -0.2) is 0 Å². The van der Waals surface area contributed by atoms with E-state index in [0.29, 0.717) is 11.5 Å². The Morgan fingerprint density at radius 3 is 2.69 bits per heavy atom. The fourth-order valence-electron chi connectivity index (χ4n) is 4.08. The maximum absolute atomic E-state index is 5.86. The summed E-state index contributed by atoms with van der Waals surface area (Å²) in [7, 11) is 0. The monoisotopic (exact) mass is 220 g/mol. The lowest BCUT2D eigenvalue weighted by Crippen LogP contribution is -2.44. The van der Waals surface area contributed by atoms with Crippen LogP contribution in [0.3, 0.4) is 0 Å². The normalized spacial score (nSPS) is 50.2. The number of allylic oxidation sites excluding steroid dienone is 1. The molecule has 0 radical (unpaired) electrons. The number of hydrogen-bond donors (Lipinski definition) is 0.